The first-order chi connectivity index (χ1) is 18.4. The Balaban J connectivity index is 1.26. The van der Waals surface area contributed by atoms with Gasteiger partial charge in [0.05, 0.1) is 6.67 Å². The third-order valence-electron chi connectivity index (χ3n) is 10.7. The minimum atomic E-state index is -0.170. The highest BCUT2D eigenvalue weighted by Crippen LogP contribution is 2.64. The second kappa shape index (κ2) is 14.7. The van der Waals surface area contributed by atoms with Crippen LogP contribution in [0.15, 0.2) is 11.6 Å². The molecule has 0 radical (unpaired) electrons. The van der Waals surface area contributed by atoms with Crippen molar-refractivity contribution >= 4 is 23.5 Å². The lowest BCUT2D eigenvalue weighted by Crippen LogP contribution is -2.51. The molecule has 4 aliphatic rings. The number of ketones is 1. The van der Waals surface area contributed by atoms with Gasteiger partial charge < -0.3 is 4.74 Å². The average Bonchev–Trinajstić information content (AvgIpc) is 3.21. The molecule has 3 saturated carbocycles. The maximum atomic E-state index is 12.3. The largest absolute Gasteiger partial charge is 0.462 e. The maximum Gasteiger partial charge on any atom is 0.302 e. The molecule has 3 nitrogen and oxygen atoms in total. The van der Waals surface area contributed by atoms with E-state index in [4.69, 9.17) is 4.74 Å². The molecule has 0 aliphatic heterocycles. The van der Waals surface area contributed by atoms with Gasteiger partial charge in [-0.3, -0.25) is 14.0 Å². The summed E-state index contributed by atoms with van der Waals surface area (Å²) < 4.78 is 18.0. The molecule has 0 aromatic carbocycles. The Morgan fingerprint density at radius 1 is 1.00 bits per heavy atom. The highest BCUT2D eigenvalue weighted by Gasteiger charge is 2.59. The predicted molar refractivity (Wildman–Crippen MR) is 156 cm³/mol. The molecule has 4 aliphatic carbocycles. The van der Waals surface area contributed by atoms with Crippen molar-refractivity contribution in [3.05, 3.63) is 11.6 Å². The molecule has 4 rings (SSSR count). The van der Waals surface area contributed by atoms with E-state index in [1.54, 1.807) is 6.92 Å². The van der Waals surface area contributed by atoms with Crippen molar-refractivity contribution in [3.63, 3.8) is 0 Å². The Kier molecular flexibility index (Phi) is 11.6. The second-order valence-electron chi connectivity index (χ2n) is 13.1. The Morgan fingerprint density at radius 3 is 2.45 bits per heavy atom. The SMILES string of the molecule is CC(=O)O[C@H]1CCC2C3C(CCCCCCCCCSCCCCF)CC4=CC(=O)CCC4C3CC[C@@]21C. The fraction of sp³-hybridized carbons (Fsp3) is 0.879. The summed E-state index contributed by atoms with van der Waals surface area (Å²) in [5.41, 5.74) is 1.61. The van der Waals surface area contributed by atoms with Crippen LogP contribution in [0.1, 0.15) is 123 Å². The van der Waals surface area contributed by atoms with Crippen LogP contribution in [0.5, 0.6) is 0 Å². The van der Waals surface area contributed by atoms with E-state index in [0.717, 1.165) is 62.5 Å². The van der Waals surface area contributed by atoms with Gasteiger partial charge in [-0.05, 0) is 111 Å². The maximum absolute atomic E-state index is 12.3. The van der Waals surface area contributed by atoms with E-state index >= 15 is 0 Å². The van der Waals surface area contributed by atoms with E-state index in [2.05, 4.69) is 6.92 Å². The first kappa shape index (κ1) is 30.1. The Labute approximate surface area is 235 Å². The van der Waals surface area contributed by atoms with Gasteiger partial charge in [-0.25, -0.2) is 0 Å². The molecular formula is C33H53FO3S. The minimum Gasteiger partial charge on any atom is -0.462 e. The lowest BCUT2D eigenvalue weighted by Gasteiger charge is -2.56. The number of carbonyl (C=O) groups is 2. The summed E-state index contributed by atoms with van der Waals surface area (Å²) >= 11 is 1.99. The van der Waals surface area contributed by atoms with Crippen molar-refractivity contribution in [2.24, 2.45) is 35.0 Å². The molecule has 0 aromatic rings. The fourth-order valence-electron chi connectivity index (χ4n) is 8.91. The first-order valence-electron chi connectivity index (χ1n) is 16.0. The number of hydrogen-bond acceptors (Lipinski definition) is 4. The Morgan fingerprint density at radius 2 is 1.71 bits per heavy atom. The van der Waals surface area contributed by atoms with Crippen LogP contribution in [0.4, 0.5) is 4.39 Å². The van der Waals surface area contributed by atoms with E-state index in [-0.39, 0.29) is 24.2 Å². The zero-order chi connectivity index (χ0) is 27.0. The van der Waals surface area contributed by atoms with Crippen LogP contribution in [0.25, 0.3) is 0 Å². The lowest BCUT2D eigenvalue weighted by molar-refractivity contribution is -0.157. The number of allylic oxidation sites excluding steroid dienone is 1. The van der Waals surface area contributed by atoms with Crippen LogP contribution in [-0.2, 0) is 14.3 Å². The molecular weight excluding hydrogens is 495 g/mol. The van der Waals surface area contributed by atoms with Crippen molar-refractivity contribution in [2.45, 2.75) is 129 Å². The van der Waals surface area contributed by atoms with E-state index in [1.807, 2.05) is 17.8 Å². The molecule has 5 heteroatoms. The highest BCUT2D eigenvalue weighted by atomic mass is 32.2. The standard InChI is InChI=1S/C33H53FO3S/c1-24(35)37-31-16-15-30-32-25(12-8-6-4-3-5-7-10-20-38-21-11-9-19-34)22-26-23-27(36)13-14-28(26)29(32)17-18-33(30,31)2/h23,25,28-32H,3-22H2,1-2H3/t25?,28?,29?,30?,31-,32?,33-/m0/s1. The van der Waals surface area contributed by atoms with Crippen molar-refractivity contribution < 1.29 is 18.7 Å². The molecule has 0 spiro atoms. The number of esters is 1. The number of rotatable bonds is 15. The molecule has 0 aromatic heterocycles. The number of fused-ring (bicyclic) bond motifs is 5. The quantitative estimate of drug-likeness (QED) is 0.151. The average molecular weight is 549 g/mol. The van der Waals surface area contributed by atoms with E-state index in [1.165, 1.54) is 75.5 Å². The fourth-order valence-corrected chi connectivity index (χ4v) is 9.94. The Hall–Kier alpha value is -0.840. The summed E-state index contributed by atoms with van der Waals surface area (Å²) in [5, 5.41) is 0. The number of halogens is 1. The number of carbonyl (C=O) groups excluding carboxylic acids is 2. The first-order valence-corrected chi connectivity index (χ1v) is 17.1. The summed E-state index contributed by atoms with van der Waals surface area (Å²) in [6, 6.07) is 0. The van der Waals surface area contributed by atoms with Gasteiger partial charge >= 0.3 is 5.97 Å². The minimum absolute atomic E-state index is 0.0880. The summed E-state index contributed by atoms with van der Waals surface area (Å²) in [6.07, 6.45) is 22.0. The van der Waals surface area contributed by atoms with E-state index in [9.17, 15) is 14.0 Å². The van der Waals surface area contributed by atoms with E-state index in [0.29, 0.717) is 23.5 Å². The van der Waals surface area contributed by atoms with Crippen LogP contribution in [0.3, 0.4) is 0 Å². The molecule has 38 heavy (non-hydrogen) atoms. The van der Waals surface area contributed by atoms with Gasteiger partial charge in [0.2, 0.25) is 0 Å². The zero-order valence-electron chi connectivity index (χ0n) is 24.2. The lowest BCUT2D eigenvalue weighted by atomic mass is 9.49. The predicted octanol–water partition coefficient (Wildman–Crippen LogP) is 8.89. The molecule has 3 fully saturated rings. The van der Waals surface area contributed by atoms with Crippen LogP contribution in [-0.4, -0.2) is 36.0 Å². The van der Waals surface area contributed by atoms with Gasteiger partial charge in [0.25, 0.3) is 0 Å². The van der Waals surface area contributed by atoms with Crippen molar-refractivity contribution in [1.29, 1.82) is 0 Å². The molecule has 0 amide bonds. The van der Waals surface area contributed by atoms with Crippen molar-refractivity contribution in [1.82, 2.24) is 0 Å². The number of unbranched alkanes of at least 4 members (excludes halogenated alkanes) is 7. The normalized spacial score (nSPS) is 34.3. The number of thioether (sulfide) groups is 1. The number of ether oxygens (including phenoxy) is 1. The second-order valence-corrected chi connectivity index (χ2v) is 14.4. The zero-order valence-corrected chi connectivity index (χ0v) is 25.0. The van der Waals surface area contributed by atoms with Crippen molar-refractivity contribution in [2.75, 3.05) is 18.2 Å². The Bertz CT molecular complexity index is 812. The monoisotopic (exact) mass is 548 g/mol. The third kappa shape index (κ3) is 7.46. The summed E-state index contributed by atoms with van der Waals surface area (Å²) in [7, 11) is 0. The summed E-state index contributed by atoms with van der Waals surface area (Å²) in [4.78, 5) is 24.2. The summed E-state index contributed by atoms with van der Waals surface area (Å²) in [5.74, 6) is 5.98. The number of hydrogen-bond donors (Lipinski definition) is 0. The smallest absolute Gasteiger partial charge is 0.302 e. The molecule has 0 N–H and O–H groups in total. The van der Waals surface area contributed by atoms with Crippen LogP contribution >= 0.6 is 11.8 Å². The molecule has 0 bridgehead atoms. The molecule has 0 saturated heterocycles. The van der Waals surface area contributed by atoms with Gasteiger partial charge in [-0.2, -0.15) is 11.8 Å². The highest BCUT2D eigenvalue weighted by molar-refractivity contribution is 7.99. The van der Waals surface area contributed by atoms with E-state index < -0.39 is 0 Å². The summed E-state index contributed by atoms with van der Waals surface area (Å²) in [6.45, 7) is 3.82. The van der Waals surface area contributed by atoms with Gasteiger partial charge in [0, 0.05) is 18.8 Å². The van der Waals surface area contributed by atoms with Gasteiger partial charge in [0.1, 0.15) is 6.10 Å². The van der Waals surface area contributed by atoms with Crippen LogP contribution in [0.2, 0.25) is 0 Å². The van der Waals surface area contributed by atoms with Crippen molar-refractivity contribution in [3.8, 4) is 0 Å². The number of alkyl halides is 1. The molecule has 216 valence electrons. The van der Waals surface area contributed by atoms with Gasteiger partial charge in [0.15, 0.2) is 5.78 Å². The van der Waals surface area contributed by atoms with Gasteiger partial charge in [-0.1, -0.05) is 51.0 Å². The van der Waals surface area contributed by atoms with Gasteiger partial charge in [-0.15, -0.1) is 0 Å². The molecule has 0 heterocycles. The van der Waals surface area contributed by atoms with Crippen LogP contribution in [0, 0.1) is 35.0 Å². The molecule has 7 atom stereocenters. The molecule has 5 unspecified atom stereocenters. The third-order valence-corrected chi connectivity index (χ3v) is 11.9. The van der Waals surface area contributed by atoms with Crippen LogP contribution < -0.4 is 0 Å². The topological polar surface area (TPSA) is 43.4 Å².